The molecule has 0 saturated heterocycles. The van der Waals surface area contributed by atoms with Crippen LogP contribution in [0, 0.1) is 0 Å². The van der Waals surface area contributed by atoms with Crippen LogP contribution in [0.1, 0.15) is 30.6 Å². The Hall–Kier alpha value is -2.68. The molecule has 3 rings (SSSR count). The Balaban J connectivity index is 1.88. The van der Waals surface area contributed by atoms with Gasteiger partial charge < -0.3 is 5.32 Å². The van der Waals surface area contributed by atoms with Gasteiger partial charge in [0.1, 0.15) is 0 Å². The van der Waals surface area contributed by atoms with Crippen LogP contribution >= 0.6 is 0 Å². The summed E-state index contributed by atoms with van der Waals surface area (Å²) in [5, 5.41) is 4.23. The summed E-state index contributed by atoms with van der Waals surface area (Å²) in [7, 11) is 0. The van der Waals surface area contributed by atoms with Crippen molar-refractivity contribution < 1.29 is 4.79 Å². The number of benzene rings is 2. The summed E-state index contributed by atoms with van der Waals surface area (Å²) in [4.78, 5) is 16.6. The molecule has 0 spiro atoms. The number of amides is 1. The lowest BCUT2D eigenvalue weighted by Crippen LogP contribution is -2.29. The van der Waals surface area contributed by atoms with Crippen LogP contribution in [0.4, 0.5) is 0 Å². The maximum absolute atomic E-state index is 11.9. The van der Waals surface area contributed by atoms with Crippen LogP contribution < -0.4 is 5.32 Å². The molecule has 0 saturated carbocycles. The van der Waals surface area contributed by atoms with Crippen molar-refractivity contribution in [2.45, 2.75) is 25.8 Å². The third kappa shape index (κ3) is 3.75. The molecule has 0 bridgehead atoms. The topological polar surface area (TPSA) is 42.0 Å². The van der Waals surface area contributed by atoms with E-state index in [1.165, 1.54) is 0 Å². The molecule has 0 aliphatic rings. The SMILES string of the molecule is CCC(=O)N[C@H](Cc1ccc2ccccc2n1)c1ccccc1. The number of para-hydroxylation sites is 1. The Kier molecular flexibility index (Phi) is 4.67. The Labute approximate surface area is 136 Å². The Bertz CT molecular complexity index is 799. The second kappa shape index (κ2) is 7.05. The average Bonchev–Trinajstić information content (AvgIpc) is 2.61. The van der Waals surface area contributed by atoms with Gasteiger partial charge in [-0.2, -0.15) is 0 Å². The van der Waals surface area contributed by atoms with Gasteiger partial charge in [-0.05, 0) is 17.7 Å². The minimum atomic E-state index is -0.0580. The lowest BCUT2D eigenvalue weighted by Gasteiger charge is -2.19. The fourth-order valence-corrected chi connectivity index (χ4v) is 2.67. The van der Waals surface area contributed by atoms with E-state index in [-0.39, 0.29) is 11.9 Å². The monoisotopic (exact) mass is 304 g/mol. The van der Waals surface area contributed by atoms with E-state index in [2.05, 4.69) is 17.4 Å². The molecule has 0 aliphatic carbocycles. The highest BCUT2D eigenvalue weighted by molar-refractivity contribution is 5.78. The van der Waals surface area contributed by atoms with E-state index >= 15 is 0 Å². The molecule has 1 amide bonds. The second-order valence-corrected chi connectivity index (χ2v) is 5.58. The van der Waals surface area contributed by atoms with Crippen LogP contribution in [-0.2, 0) is 11.2 Å². The number of rotatable bonds is 5. The molecule has 0 unspecified atom stereocenters. The zero-order chi connectivity index (χ0) is 16.1. The van der Waals surface area contributed by atoms with Crippen LogP contribution in [0.3, 0.4) is 0 Å². The normalized spacial score (nSPS) is 12.0. The van der Waals surface area contributed by atoms with Crippen molar-refractivity contribution in [1.82, 2.24) is 10.3 Å². The minimum absolute atomic E-state index is 0.0552. The largest absolute Gasteiger partial charge is 0.349 e. The van der Waals surface area contributed by atoms with Gasteiger partial charge in [0.15, 0.2) is 0 Å². The van der Waals surface area contributed by atoms with Gasteiger partial charge in [-0.3, -0.25) is 9.78 Å². The summed E-state index contributed by atoms with van der Waals surface area (Å²) in [5.41, 5.74) is 3.07. The number of hydrogen-bond acceptors (Lipinski definition) is 2. The van der Waals surface area contributed by atoms with E-state index in [1.54, 1.807) is 0 Å². The number of carbonyl (C=O) groups excluding carboxylic acids is 1. The lowest BCUT2D eigenvalue weighted by molar-refractivity contribution is -0.121. The number of aromatic nitrogens is 1. The third-order valence-corrected chi connectivity index (χ3v) is 3.93. The molecule has 0 radical (unpaired) electrons. The van der Waals surface area contributed by atoms with E-state index in [0.29, 0.717) is 12.8 Å². The van der Waals surface area contributed by atoms with Gasteiger partial charge in [-0.25, -0.2) is 0 Å². The van der Waals surface area contributed by atoms with Crippen molar-refractivity contribution in [2.75, 3.05) is 0 Å². The molecule has 3 aromatic rings. The molecule has 2 aromatic carbocycles. The minimum Gasteiger partial charge on any atom is -0.349 e. The molecule has 0 aliphatic heterocycles. The van der Waals surface area contributed by atoms with Crippen LogP contribution in [0.2, 0.25) is 0 Å². The molecular weight excluding hydrogens is 284 g/mol. The standard InChI is InChI=1S/C20H20N2O/c1-2-20(23)22-19(15-8-4-3-5-9-15)14-17-13-12-16-10-6-7-11-18(16)21-17/h3-13,19H,2,14H2,1H3,(H,22,23)/t19-/m1/s1. The molecule has 3 nitrogen and oxygen atoms in total. The van der Waals surface area contributed by atoms with Gasteiger partial charge in [0, 0.05) is 23.9 Å². The second-order valence-electron chi connectivity index (χ2n) is 5.58. The summed E-state index contributed by atoms with van der Waals surface area (Å²) in [6.45, 7) is 1.87. The first-order valence-electron chi connectivity index (χ1n) is 7.95. The van der Waals surface area contributed by atoms with Crippen LogP contribution in [0.25, 0.3) is 10.9 Å². The van der Waals surface area contributed by atoms with Crippen LogP contribution in [0.5, 0.6) is 0 Å². The molecule has 1 atom stereocenters. The van der Waals surface area contributed by atoms with Crippen molar-refractivity contribution in [3.05, 3.63) is 78.0 Å². The molecule has 1 aromatic heterocycles. The van der Waals surface area contributed by atoms with Crippen molar-refractivity contribution in [3.63, 3.8) is 0 Å². The van der Waals surface area contributed by atoms with Gasteiger partial charge in [0.2, 0.25) is 5.91 Å². The summed E-state index contributed by atoms with van der Waals surface area (Å²) < 4.78 is 0. The van der Waals surface area contributed by atoms with E-state index in [0.717, 1.165) is 22.2 Å². The maximum Gasteiger partial charge on any atom is 0.220 e. The first kappa shape index (κ1) is 15.2. The molecule has 3 heteroatoms. The highest BCUT2D eigenvalue weighted by atomic mass is 16.1. The summed E-state index contributed by atoms with van der Waals surface area (Å²) >= 11 is 0. The smallest absolute Gasteiger partial charge is 0.220 e. The zero-order valence-electron chi connectivity index (χ0n) is 13.2. The summed E-state index contributed by atoms with van der Waals surface area (Å²) in [6.07, 6.45) is 1.16. The van der Waals surface area contributed by atoms with Crippen molar-refractivity contribution in [2.24, 2.45) is 0 Å². The lowest BCUT2D eigenvalue weighted by atomic mass is 10.0. The van der Waals surface area contributed by atoms with Crippen molar-refractivity contribution >= 4 is 16.8 Å². The molecule has 23 heavy (non-hydrogen) atoms. The molecule has 1 heterocycles. The summed E-state index contributed by atoms with van der Waals surface area (Å²) in [5.74, 6) is 0.0552. The average molecular weight is 304 g/mol. The Morgan fingerprint density at radius 1 is 1.00 bits per heavy atom. The fourth-order valence-electron chi connectivity index (χ4n) is 2.67. The first-order valence-corrected chi connectivity index (χ1v) is 7.95. The number of hydrogen-bond donors (Lipinski definition) is 1. The number of nitrogens with one attached hydrogen (secondary N) is 1. The Morgan fingerprint density at radius 2 is 1.74 bits per heavy atom. The predicted octanol–water partition coefficient (Wildman–Crippen LogP) is 4.04. The zero-order valence-corrected chi connectivity index (χ0v) is 13.2. The van der Waals surface area contributed by atoms with Crippen LogP contribution in [-0.4, -0.2) is 10.9 Å². The Morgan fingerprint density at radius 3 is 2.52 bits per heavy atom. The van der Waals surface area contributed by atoms with Gasteiger partial charge in [-0.1, -0.05) is 61.5 Å². The van der Waals surface area contributed by atoms with Gasteiger partial charge in [0.25, 0.3) is 0 Å². The number of carbonyl (C=O) groups is 1. The summed E-state index contributed by atoms with van der Waals surface area (Å²) in [6, 6.07) is 22.2. The van der Waals surface area contributed by atoms with Gasteiger partial charge in [-0.15, -0.1) is 0 Å². The van der Waals surface area contributed by atoms with Gasteiger partial charge >= 0.3 is 0 Å². The van der Waals surface area contributed by atoms with E-state index in [9.17, 15) is 4.79 Å². The van der Waals surface area contributed by atoms with E-state index < -0.39 is 0 Å². The maximum atomic E-state index is 11.9. The molecule has 116 valence electrons. The molecular formula is C20H20N2O. The highest BCUT2D eigenvalue weighted by Gasteiger charge is 2.15. The van der Waals surface area contributed by atoms with Gasteiger partial charge in [0.05, 0.1) is 11.6 Å². The third-order valence-electron chi connectivity index (χ3n) is 3.93. The van der Waals surface area contributed by atoms with E-state index in [4.69, 9.17) is 4.98 Å². The van der Waals surface area contributed by atoms with Crippen molar-refractivity contribution in [1.29, 1.82) is 0 Å². The number of fused-ring (bicyclic) bond motifs is 1. The fraction of sp³-hybridized carbons (Fsp3) is 0.200. The van der Waals surface area contributed by atoms with E-state index in [1.807, 2.05) is 61.5 Å². The van der Waals surface area contributed by atoms with Crippen molar-refractivity contribution in [3.8, 4) is 0 Å². The first-order chi connectivity index (χ1) is 11.3. The van der Waals surface area contributed by atoms with Crippen LogP contribution in [0.15, 0.2) is 66.7 Å². The number of nitrogens with zero attached hydrogens (tertiary/aromatic N) is 1. The molecule has 1 N–H and O–H groups in total. The predicted molar refractivity (Wildman–Crippen MR) is 93.1 cm³/mol. The quantitative estimate of drug-likeness (QED) is 0.773. The molecule has 0 fully saturated rings. The number of pyridine rings is 1. The highest BCUT2D eigenvalue weighted by Crippen LogP contribution is 2.20.